The molecule has 1 saturated heterocycles. The first-order valence-electron chi connectivity index (χ1n) is 9.23. The smallest absolute Gasteiger partial charge is 0.322 e. The first kappa shape index (κ1) is 19.1. The van der Waals surface area contributed by atoms with E-state index in [-0.39, 0.29) is 18.5 Å². The highest BCUT2D eigenvalue weighted by molar-refractivity contribution is 7.10. The average Bonchev–Trinajstić information content (AvgIpc) is 3.40. The second-order valence-corrected chi connectivity index (χ2v) is 9.21. The molecule has 9 heteroatoms. The maximum atomic E-state index is 12.7. The zero-order valence-corrected chi connectivity index (χ0v) is 17.4. The lowest BCUT2D eigenvalue weighted by molar-refractivity contribution is -0.139. The third kappa shape index (κ3) is 3.23. The van der Waals surface area contributed by atoms with Gasteiger partial charge in [-0.1, -0.05) is 13.0 Å². The van der Waals surface area contributed by atoms with Crippen LogP contribution in [0.1, 0.15) is 41.6 Å². The molecular weight excluding hydrogens is 396 g/mol. The van der Waals surface area contributed by atoms with Gasteiger partial charge in [-0.3, -0.25) is 19.9 Å². The predicted octanol–water partition coefficient (Wildman–Crippen LogP) is 2.51. The Kier molecular flexibility index (Phi) is 4.98. The van der Waals surface area contributed by atoms with E-state index in [1.54, 1.807) is 29.6 Å². The Morgan fingerprint density at radius 2 is 2.14 bits per heavy atom. The first-order valence-corrected chi connectivity index (χ1v) is 11.0. The van der Waals surface area contributed by atoms with Crippen LogP contribution in [0.3, 0.4) is 0 Å². The van der Waals surface area contributed by atoms with Crippen LogP contribution in [-0.2, 0) is 16.0 Å². The van der Waals surface area contributed by atoms with Crippen molar-refractivity contribution in [3.63, 3.8) is 0 Å². The molecule has 0 unspecified atom stereocenters. The molecule has 2 N–H and O–H groups in total. The average molecular weight is 419 g/mol. The zero-order valence-electron chi connectivity index (χ0n) is 15.7. The molecule has 0 radical (unpaired) electrons. The van der Waals surface area contributed by atoms with Crippen LogP contribution in [-0.4, -0.2) is 46.4 Å². The second-order valence-electron chi connectivity index (χ2n) is 7.23. The number of rotatable bonds is 5. The van der Waals surface area contributed by atoms with Crippen LogP contribution in [0, 0.1) is 0 Å². The molecule has 0 saturated carbocycles. The van der Waals surface area contributed by atoms with Crippen LogP contribution >= 0.6 is 22.7 Å². The van der Waals surface area contributed by atoms with Crippen molar-refractivity contribution in [3.05, 3.63) is 44.3 Å². The first-order chi connectivity index (χ1) is 13.4. The summed E-state index contributed by atoms with van der Waals surface area (Å²) in [5, 5.41) is 7.58. The maximum absolute atomic E-state index is 12.7. The van der Waals surface area contributed by atoms with Crippen molar-refractivity contribution < 1.29 is 14.4 Å². The Hall–Kier alpha value is -2.23. The van der Waals surface area contributed by atoms with Gasteiger partial charge in [0.2, 0.25) is 0 Å². The fraction of sp³-hybridized carbons (Fsp3) is 0.421. The number of fused-ring (bicyclic) bond motifs is 1. The van der Waals surface area contributed by atoms with Crippen LogP contribution in [0.25, 0.3) is 0 Å². The summed E-state index contributed by atoms with van der Waals surface area (Å²) in [6.07, 6.45) is 1.34. The van der Waals surface area contributed by atoms with Gasteiger partial charge in [0.25, 0.3) is 11.8 Å². The summed E-state index contributed by atoms with van der Waals surface area (Å²) in [5.41, 5.74) is 2.76. The summed E-state index contributed by atoms with van der Waals surface area (Å²) < 4.78 is 0. The summed E-state index contributed by atoms with van der Waals surface area (Å²) in [4.78, 5) is 42.0. The lowest BCUT2D eigenvalue weighted by atomic mass is 9.98. The van der Waals surface area contributed by atoms with E-state index in [9.17, 15) is 14.4 Å². The minimum atomic E-state index is -0.972. The highest BCUT2D eigenvalue weighted by Crippen LogP contribution is 2.39. The molecule has 0 aromatic carbocycles. The van der Waals surface area contributed by atoms with Gasteiger partial charge < -0.3 is 5.32 Å². The van der Waals surface area contributed by atoms with Crippen molar-refractivity contribution in [2.75, 3.05) is 13.1 Å². The lowest BCUT2D eigenvalue weighted by Gasteiger charge is -2.35. The van der Waals surface area contributed by atoms with E-state index >= 15 is 0 Å². The van der Waals surface area contributed by atoms with Gasteiger partial charge >= 0.3 is 6.03 Å². The molecule has 1 fully saturated rings. The SMILES string of the molecule is CC[C@@]1(C)NC(=O)N(NC(=O)CN2CCc3sccc3[C@H]2c2cccs2)C1=O. The summed E-state index contributed by atoms with van der Waals surface area (Å²) in [6, 6.07) is 5.65. The van der Waals surface area contributed by atoms with E-state index in [0.29, 0.717) is 6.42 Å². The van der Waals surface area contributed by atoms with Crippen molar-refractivity contribution in [3.8, 4) is 0 Å². The number of carbonyl (C=O) groups excluding carboxylic acids is 3. The number of nitrogens with one attached hydrogen (secondary N) is 2. The van der Waals surface area contributed by atoms with Gasteiger partial charge in [-0.2, -0.15) is 5.01 Å². The van der Waals surface area contributed by atoms with Crippen molar-refractivity contribution in [1.29, 1.82) is 0 Å². The van der Waals surface area contributed by atoms with Crippen molar-refractivity contribution in [1.82, 2.24) is 20.7 Å². The lowest BCUT2D eigenvalue weighted by Crippen LogP contribution is -2.52. The van der Waals surface area contributed by atoms with E-state index in [1.165, 1.54) is 15.3 Å². The quantitative estimate of drug-likeness (QED) is 0.731. The number of thiophene rings is 2. The molecule has 0 bridgehead atoms. The molecule has 2 atom stereocenters. The number of carbonyl (C=O) groups is 3. The Bertz CT molecular complexity index is 910. The normalized spacial score (nSPS) is 24.9. The number of hydrazine groups is 1. The number of amides is 4. The molecule has 4 rings (SSSR count). The Morgan fingerprint density at radius 1 is 1.32 bits per heavy atom. The molecule has 28 heavy (non-hydrogen) atoms. The molecule has 2 aromatic heterocycles. The predicted molar refractivity (Wildman–Crippen MR) is 108 cm³/mol. The zero-order chi connectivity index (χ0) is 19.9. The highest BCUT2D eigenvalue weighted by atomic mass is 32.1. The summed E-state index contributed by atoms with van der Waals surface area (Å²) in [5.74, 6) is -0.800. The number of hydrogen-bond acceptors (Lipinski definition) is 6. The van der Waals surface area contributed by atoms with Gasteiger partial charge in [0.15, 0.2) is 0 Å². The summed E-state index contributed by atoms with van der Waals surface area (Å²) in [7, 11) is 0. The molecule has 2 aliphatic heterocycles. The van der Waals surface area contributed by atoms with Gasteiger partial charge in [0.05, 0.1) is 12.6 Å². The third-order valence-corrected chi connectivity index (χ3v) is 7.35. The topological polar surface area (TPSA) is 81.8 Å². The number of imide groups is 1. The number of hydrogen-bond donors (Lipinski definition) is 2. The number of urea groups is 1. The fourth-order valence-electron chi connectivity index (χ4n) is 3.69. The fourth-order valence-corrected chi connectivity index (χ4v) is 5.47. The largest absolute Gasteiger partial charge is 0.344 e. The standard InChI is InChI=1S/C19H22N4O3S2/c1-3-19(2)17(25)23(18(26)20-19)21-15(24)11-22-8-6-13-12(7-10-28-13)16(22)14-5-4-9-27-14/h4-5,7,9-10,16H,3,6,8,11H2,1-2H3,(H,20,26)(H,21,24)/t16-,19+/m0/s1. The minimum Gasteiger partial charge on any atom is -0.322 e. The molecule has 4 heterocycles. The second kappa shape index (κ2) is 7.31. The molecule has 0 aliphatic carbocycles. The highest BCUT2D eigenvalue weighted by Gasteiger charge is 2.47. The van der Waals surface area contributed by atoms with E-state index < -0.39 is 17.5 Å². The molecule has 0 spiro atoms. The van der Waals surface area contributed by atoms with Crippen molar-refractivity contribution >= 4 is 40.5 Å². The van der Waals surface area contributed by atoms with Crippen molar-refractivity contribution in [2.24, 2.45) is 0 Å². The van der Waals surface area contributed by atoms with Gasteiger partial charge in [-0.25, -0.2) is 4.79 Å². The number of nitrogens with zero attached hydrogens (tertiary/aromatic N) is 2. The van der Waals surface area contributed by atoms with E-state index in [0.717, 1.165) is 18.0 Å². The van der Waals surface area contributed by atoms with Gasteiger partial charge in [0.1, 0.15) is 5.54 Å². The van der Waals surface area contributed by atoms with Gasteiger partial charge in [-0.05, 0) is 48.2 Å². The molecular formula is C19H22N4O3S2. The molecule has 2 aliphatic rings. The molecule has 148 valence electrons. The van der Waals surface area contributed by atoms with E-state index in [2.05, 4.69) is 33.2 Å². The van der Waals surface area contributed by atoms with Crippen LogP contribution < -0.4 is 10.7 Å². The Morgan fingerprint density at radius 3 is 2.82 bits per heavy atom. The Balaban J connectivity index is 1.50. The molecule has 2 aromatic rings. The van der Waals surface area contributed by atoms with Crippen molar-refractivity contribution in [2.45, 2.75) is 38.3 Å². The van der Waals surface area contributed by atoms with Gasteiger partial charge in [-0.15, -0.1) is 22.7 Å². The van der Waals surface area contributed by atoms with E-state index in [4.69, 9.17) is 0 Å². The summed E-state index contributed by atoms with van der Waals surface area (Å²) >= 11 is 3.41. The monoisotopic (exact) mass is 418 g/mol. The van der Waals surface area contributed by atoms with Gasteiger partial charge in [0, 0.05) is 16.3 Å². The minimum absolute atomic E-state index is 0.0183. The maximum Gasteiger partial charge on any atom is 0.344 e. The van der Waals surface area contributed by atoms with E-state index in [1.807, 2.05) is 18.4 Å². The molecule has 4 amide bonds. The van der Waals surface area contributed by atoms with Crippen LogP contribution in [0.15, 0.2) is 29.0 Å². The summed E-state index contributed by atoms with van der Waals surface area (Å²) in [6.45, 7) is 4.34. The Labute approximate surface area is 171 Å². The third-order valence-electron chi connectivity index (χ3n) is 5.43. The molecule has 7 nitrogen and oxygen atoms in total. The van der Waals surface area contributed by atoms with Crippen LogP contribution in [0.4, 0.5) is 4.79 Å². The van der Waals surface area contributed by atoms with Crippen LogP contribution in [0.2, 0.25) is 0 Å². The van der Waals surface area contributed by atoms with Crippen LogP contribution in [0.5, 0.6) is 0 Å².